The Morgan fingerprint density at radius 3 is 2.64 bits per heavy atom. The highest BCUT2D eigenvalue weighted by Crippen LogP contribution is 2.24. The average molecular weight is 300 g/mol. The van der Waals surface area contributed by atoms with Crippen LogP contribution in [-0.4, -0.2) is 56.8 Å². The summed E-state index contributed by atoms with van der Waals surface area (Å²) >= 11 is 0. The smallest absolute Gasteiger partial charge is 0.225 e. The van der Waals surface area contributed by atoms with Crippen LogP contribution in [0, 0.1) is 5.92 Å². The van der Waals surface area contributed by atoms with E-state index in [1.165, 1.54) is 0 Å². The number of carbonyl (C=O) groups is 1. The zero-order valence-corrected chi connectivity index (χ0v) is 12.6. The van der Waals surface area contributed by atoms with Gasteiger partial charge in [-0.2, -0.15) is 4.52 Å². The lowest BCUT2D eigenvalue weighted by molar-refractivity contribution is -0.135. The summed E-state index contributed by atoms with van der Waals surface area (Å²) in [6.45, 7) is 3.66. The molecule has 4 heterocycles. The number of fused-ring (bicyclic) bond motifs is 1. The lowest BCUT2D eigenvalue weighted by Gasteiger charge is -2.33. The summed E-state index contributed by atoms with van der Waals surface area (Å²) < 4.78 is 1.69. The molecule has 0 bridgehead atoms. The van der Waals surface area contributed by atoms with Crippen molar-refractivity contribution < 1.29 is 4.79 Å². The van der Waals surface area contributed by atoms with E-state index in [1.807, 2.05) is 17.0 Å². The maximum atomic E-state index is 12.5. The molecule has 0 aliphatic carbocycles. The first-order chi connectivity index (χ1) is 10.8. The van der Waals surface area contributed by atoms with E-state index in [2.05, 4.69) is 20.2 Å². The second-order valence-electron chi connectivity index (χ2n) is 6.12. The van der Waals surface area contributed by atoms with Crippen LogP contribution in [0.15, 0.2) is 18.5 Å². The van der Waals surface area contributed by atoms with Crippen LogP contribution in [0.3, 0.4) is 0 Å². The van der Waals surface area contributed by atoms with Crippen molar-refractivity contribution >= 4 is 17.4 Å². The molecule has 0 atom stereocenters. The summed E-state index contributed by atoms with van der Waals surface area (Å²) in [4.78, 5) is 16.7. The molecule has 22 heavy (non-hydrogen) atoms. The quantitative estimate of drug-likeness (QED) is 0.826. The highest BCUT2D eigenvalue weighted by molar-refractivity contribution is 5.79. The summed E-state index contributed by atoms with van der Waals surface area (Å²) in [7, 11) is 0. The predicted molar refractivity (Wildman–Crippen MR) is 81.5 cm³/mol. The van der Waals surface area contributed by atoms with Gasteiger partial charge in [-0.3, -0.25) is 4.79 Å². The Bertz CT molecular complexity index is 669. The summed E-state index contributed by atoms with van der Waals surface area (Å²) in [5.41, 5.74) is 0.753. The zero-order chi connectivity index (χ0) is 14.9. The van der Waals surface area contributed by atoms with Gasteiger partial charge in [-0.05, 0) is 37.8 Å². The van der Waals surface area contributed by atoms with Crippen LogP contribution < -0.4 is 4.90 Å². The van der Waals surface area contributed by atoms with E-state index in [-0.39, 0.29) is 5.92 Å². The average Bonchev–Trinajstić information content (AvgIpc) is 3.25. The number of likely N-dealkylation sites (tertiary alicyclic amines) is 1. The van der Waals surface area contributed by atoms with E-state index < -0.39 is 0 Å². The van der Waals surface area contributed by atoms with Gasteiger partial charge < -0.3 is 9.80 Å². The number of hydrogen-bond acceptors (Lipinski definition) is 5. The van der Waals surface area contributed by atoms with Crippen LogP contribution in [0.5, 0.6) is 0 Å². The number of amides is 1. The molecule has 4 rings (SSSR count). The van der Waals surface area contributed by atoms with Crippen molar-refractivity contribution in [3.63, 3.8) is 0 Å². The molecule has 0 spiro atoms. The van der Waals surface area contributed by atoms with Crippen molar-refractivity contribution in [1.82, 2.24) is 24.7 Å². The second-order valence-corrected chi connectivity index (χ2v) is 6.12. The Kier molecular flexibility index (Phi) is 3.40. The zero-order valence-electron chi connectivity index (χ0n) is 12.6. The molecule has 2 aliphatic heterocycles. The minimum Gasteiger partial charge on any atom is -0.355 e. The van der Waals surface area contributed by atoms with Crippen molar-refractivity contribution in [3.8, 4) is 0 Å². The van der Waals surface area contributed by atoms with Crippen molar-refractivity contribution in [3.05, 3.63) is 18.5 Å². The maximum absolute atomic E-state index is 12.5. The van der Waals surface area contributed by atoms with Gasteiger partial charge in [0.05, 0.1) is 0 Å². The molecule has 0 radical (unpaired) electrons. The third kappa shape index (κ3) is 2.40. The van der Waals surface area contributed by atoms with Gasteiger partial charge in [0.1, 0.15) is 12.1 Å². The lowest BCUT2D eigenvalue weighted by atomic mass is 9.95. The molecule has 0 aromatic carbocycles. The molecule has 116 valence electrons. The van der Waals surface area contributed by atoms with Gasteiger partial charge >= 0.3 is 0 Å². The molecule has 0 N–H and O–H groups in total. The standard InChI is InChI=1S/C15H20N6O/c22-15(20-7-1-2-8-20)12-5-9-19(10-6-12)14-4-3-13-17-16-11-21(13)18-14/h3-4,11-12H,1-2,5-10H2. The number of piperidine rings is 1. The van der Waals surface area contributed by atoms with Gasteiger partial charge in [0, 0.05) is 32.1 Å². The summed E-state index contributed by atoms with van der Waals surface area (Å²) in [5, 5.41) is 12.3. The molecule has 2 aromatic heterocycles. The first kappa shape index (κ1) is 13.5. The fourth-order valence-electron chi connectivity index (χ4n) is 3.44. The Morgan fingerprint density at radius 1 is 1.09 bits per heavy atom. The van der Waals surface area contributed by atoms with Crippen LogP contribution in [0.4, 0.5) is 5.82 Å². The fourth-order valence-corrected chi connectivity index (χ4v) is 3.44. The number of carbonyl (C=O) groups excluding carboxylic acids is 1. The van der Waals surface area contributed by atoms with Crippen LogP contribution in [0.2, 0.25) is 0 Å². The van der Waals surface area contributed by atoms with E-state index in [9.17, 15) is 4.79 Å². The van der Waals surface area contributed by atoms with Crippen molar-refractivity contribution in [2.75, 3.05) is 31.1 Å². The van der Waals surface area contributed by atoms with Gasteiger partial charge in [-0.25, -0.2) is 0 Å². The first-order valence-electron chi connectivity index (χ1n) is 8.02. The van der Waals surface area contributed by atoms with Crippen molar-refractivity contribution in [2.45, 2.75) is 25.7 Å². The molecular weight excluding hydrogens is 280 g/mol. The number of rotatable bonds is 2. The van der Waals surface area contributed by atoms with E-state index in [4.69, 9.17) is 0 Å². The topological polar surface area (TPSA) is 66.6 Å². The Balaban J connectivity index is 1.41. The Labute approximate surface area is 128 Å². The molecule has 1 amide bonds. The van der Waals surface area contributed by atoms with E-state index in [0.29, 0.717) is 5.91 Å². The van der Waals surface area contributed by atoms with Gasteiger partial charge in [0.25, 0.3) is 0 Å². The normalized spacial score (nSPS) is 20.0. The molecular formula is C15H20N6O. The largest absolute Gasteiger partial charge is 0.355 e. The van der Waals surface area contributed by atoms with E-state index in [1.54, 1.807) is 10.8 Å². The van der Waals surface area contributed by atoms with Crippen LogP contribution >= 0.6 is 0 Å². The monoisotopic (exact) mass is 300 g/mol. The predicted octanol–water partition coefficient (Wildman–Crippen LogP) is 0.963. The second kappa shape index (κ2) is 5.55. The SMILES string of the molecule is O=C(C1CCN(c2ccc3nncn3n2)CC1)N1CCCC1. The molecule has 2 aliphatic rings. The highest BCUT2D eigenvalue weighted by Gasteiger charge is 2.30. The lowest BCUT2D eigenvalue weighted by Crippen LogP contribution is -2.42. The summed E-state index contributed by atoms with van der Waals surface area (Å²) in [6, 6.07) is 3.91. The summed E-state index contributed by atoms with van der Waals surface area (Å²) in [6.07, 6.45) is 5.76. The van der Waals surface area contributed by atoms with E-state index >= 15 is 0 Å². The fraction of sp³-hybridized carbons (Fsp3) is 0.600. The minimum atomic E-state index is 0.188. The molecule has 7 heteroatoms. The first-order valence-corrected chi connectivity index (χ1v) is 8.02. The van der Waals surface area contributed by atoms with Gasteiger partial charge in [0.2, 0.25) is 5.91 Å². The van der Waals surface area contributed by atoms with Crippen molar-refractivity contribution in [2.24, 2.45) is 5.92 Å². The van der Waals surface area contributed by atoms with Gasteiger partial charge in [-0.15, -0.1) is 15.3 Å². The third-order valence-electron chi connectivity index (χ3n) is 4.73. The third-order valence-corrected chi connectivity index (χ3v) is 4.73. The number of aromatic nitrogens is 4. The highest BCUT2D eigenvalue weighted by atomic mass is 16.2. The van der Waals surface area contributed by atoms with Gasteiger partial charge in [0.15, 0.2) is 5.65 Å². The van der Waals surface area contributed by atoms with Gasteiger partial charge in [-0.1, -0.05) is 0 Å². The Hall–Kier alpha value is -2.18. The molecule has 2 saturated heterocycles. The number of nitrogens with zero attached hydrogens (tertiary/aromatic N) is 6. The molecule has 0 saturated carbocycles. The number of hydrogen-bond donors (Lipinski definition) is 0. The molecule has 2 fully saturated rings. The molecule has 0 unspecified atom stereocenters. The van der Waals surface area contributed by atoms with Crippen molar-refractivity contribution in [1.29, 1.82) is 0 Å². The Morgan fingerprint density at radius 2 is 1.86 bits per heavy atom. The van der Waals surface area contributed by atoms with E-state index in [0.717, 1.165) is 63.3 Å². The molecule has 7 nitrogen and oxygen atoms in total. The van der Waals surface area contributed by atoms with Crippen LogP contribution in [-0.2, 0) is 4.79 Å². The maximum Gasteiger partial charge on any atom is 0.225 e. The summed E-state index contributed by atoms with van der Waals surface area (Å²) in [5.74, 6) is 1.48. The van der Waals surface area contributed by atoms with Crippen LogP contribution in [0.25, 0.3) is 5.65 Å². The van der Waals surface area contributed by atoms with Crippen LogP contribution in [0.1, 0.15) is 25.7 Å². The number of anilines is 1. The molecule has 2 aromatic rings. The minimum absolute atomic E-state index is 0.188.